The molecule has 0 heterocycles. The van der Waals surface area contributed by atoms with Gasteiger partial charge in [0, 0.05) is 17.6 Å². The summed E-state index contributed by atoms with van der Waals surface area (Å²) in [6.07, 6.45) is 5.48. The summed E-state index contributed by atoms with van der Waals surface area (Å²) in [6.45, 7) is 3.33. The minimum absolute atomic E-state index is 0.0717. The number of nitrogens with one attached hydrogen (secondary N) is 1. The molecular weight excluding hydrogens is 558 g/mol. The number of para-hydroxylation sites is 1. The Labute approximate surface area is 248 Å². The Morgan fingerprint density at radius 2 is 1.56 bits per heavy atom. The van der Waals surface area contributed by atoms with Crippen LogP contribution >= 0.6 is 11.6 Å². The molecule has 2 amide bonds. The Hall–Kier alpha value is -3.36. The van der Waals surface area contributed by atoms with Crippen molar-refractivity contribution in [2.75, 3.05) is 10.8 Å². The van der Waals surface area contributed by atoms with E-state index in [-0.39, 0.29) is 23.4 Å². The van der Waals surface area contributed by atoms with Crippen molar-refractivity contribution in [2.45, 2.75) is 75.9 Å². The first-order chi connectivity index (χ1) is 19.7. The van der Waals surface area contributed by atoms with E-state index in [1.54, 1.807) is 66.7 Å². The fourth-order valence-electron chi connectivity index (χ4n) is 5.23. The average Bonchev–Trinajstić information content (AvgIpc) is 2.97. The maximum atomic E-state index is 14.2. The minimum Gasteiger partial charge on any atom is -0.352 e. The van der Waals surface area contributed by atoms with Crippen molar-refractivity contribution in [3.05, 3.63) is 95.0 Å². The number of amides is 2. The maximum absolute atomic E-state index is 14.2. The van der Waals surface area contributed by atoms with Crippen LogP contribution in [0.1, 0.15) is 56.6 Å². The number of rotatable bonds is 11. The fraction of sp³-hybridized carbons (Fsp3) is 0.375. The van der Waals surface area contributed by atoms with E-state index in [9.17, 15) is 18.0 Å². The second kappa shape index (κ2) is 14.0. The molecule has 7 nitrogen and oxygen atoms in total. The molecular formula is C32H38ClN3O4S. The van der Waals surface area contributed by atoms with E-state index in [2.05, 4.69) is 5.32 Å². The van der Waals surface area contributed by atoms with Gasteiger partial charge in [-0.2, -0.15) is 0 Å². The van der Waals surface area contributed by atoms with Gasteiger partial charge in [0.2, 0.25) is 11.8 Å². The van der Waals surface area contributed by atoms with Crippen molar-refractivity contribution in [3.8, 4) is 0 Å². The van der Waals surface area contributed by atoms with Gasteiger partial charge in [0.05, 0.1) is 10.6 Å². The zero-order chi connectivity index (χ0) is 29.4. The first-order valence-corrected chi connectivity index (χ1v) is 16.0. The summed E-state index contributed by atoms with van der Waals surface area (Å²) in [5.41, 5.74) is 1.96. The summed E-state index contributed by atoms with van der Waals surface area (Å²) in [6, 6.07) is 21.5. The van der Waals surface area contributed by atoms with Crippen LogP contribution in [0.4, 0.5) is 5.69 Å². The molecule has 1 N–H and O–H groups in total. The lowest BCUT2D eigenvalue weighted by Gasteiger charge is -2.34. The van der Waals surface area contributed by atoms with Crippen molar-refractivity contribution < 1.29 is 18.0 Å². The van der Waals surface area contributed by atoms with Crippen LogP contribution in [0, 0.1) is 6.92 Å². The summed E-state index contributed by atoms with van der Waals surface area (Å²) in [5, 5.41) is 3.63. The SMILES string of the molecule is CC[C@H](C(=O)NC1CCCCC1)N(Cc1ccccc1Cl)C(=O)CN(c1ccccc1)S(=O)(=O)c1ccc(C)cc1. The molecule has 1 saturated carbocycles. The van der Waals surface area contributed by atoms with Gasteiger partial charge in [0.1, 0.15) is 12.6 Å². The fourth-order valence-corrected chi connectivity index (χ4v) is 6.84. The first kappa shape index (κ1) is 30.6. The molecule has 0 bridgehead atoms. The number of carbonyl (C=O) groups excluding carboxylic acids is 2. The number of sulfonamides is 1. The third kappa shape index (κ3) is 7.68. The van der Waals surface area contributed by atoms with Crippen LogP contribution in [0.3, 0.4) is 0 Å². The molecule has 218 valence electrons. The van der Waals surface area contributed by atoms with Crippen LogP contribution in [-0.4, -0.2) is 43.8 Å². The number of benzene rings is 3. The Kier molecular flexibility index (Phi) is 10.5. The molecule has 0 aromatic heterocycles. The van der Waals surface area contributed by atoms with Gasteiger partial charge in [-0.15, -0.1) is 0 Å². The Bertz CT molecular complexity index is 1420. The quantitative estimate of drug-likeness (QED) is 0.290. The van der Waals surface area contributed by atoms with Gasteiger partial charge in [-0.3, -0.25) is 13.9 Å². The van der Waals surface area contributed by atoms with Crippen molar-refractivity contribution >= 4 is 39.1 Å². The van der Waals surface area contributed by atoms with E-state index in [1.807, 2.05) is 26.0 Å². The molecule has 9 heteroatoms. The van der Waals surface area contributed by atoms with Crippen LogP contribution in [0.25, 0.3) is 0 Å². The summed E-state index contributed by atoms with van der Waals surface area (Å²) >= 11 is 6.48. The molecule has 0 radical (unpaired) electrons. The molecule has 1 fully saturated rings. The molecule has 0 unspecified atom stereocenters. The second-order valence-corrected chi connectivity index (χ2v) is 12.8. The Morgan fingerprint density at radius 3 is 2.20 bits per heavy atom. The van der Waals surface area contributed by atoms with Gasteiger partial charge in [-0.05, 0) is 62.1 Å². The van der Waals surface area contributed by atoms with Gasteiger partial charge in [0.25, 0.3) is 10.0 Å². The third-order valence-electron chi connectivity index (χ3n) is 7.57. The summed E-state index contributed by atoms with van der Waals surface area (Å²) < 4.78 is 28.9. The molecule has 1 atom stereocenters. The Balaban J connectivity index is 1.69. The van der Waals surface area contributed by atoms with Crippen molar-refractivity contribution in [1.82, 2.24) is 10.2 Å². The lowest BCUT2D eigenvalue weighted by atomic mass is 9.95. The zero-order valence-corrected chi connectivity index (χ0v) is 25.2. The van der Waals surface area contributed by atoms with Gasteiger partial charge < -0.3 is 10.2 Å². The molecule has 0 aliphatic heterocycles. The largest absolute Gasteiger partial charge is 0.352 e. The lowest BCUT2D eigenvalue weighted by Crippen LogP contribution is -2.54. The minimum atomic E-state index is -4.10. The van der Waals surface area contributed by atoms with Crippen molar-refractivity contribution in [2.24, 2.45) is 0 Å². The van der Waals surface area contributed by atoms with Gasteiger partial charge in [0.15, 0.2) is 0 Å². The number of nitrogens with zero attached hydrogens (tertiary/aromatic N) is 2. The first-order valence-electron chi connectivity index (χ1n) is 14.2. The van der Waals surface area contributed by atoms with Crippen molar-refractivity contribution in [1.29, 1.82) is 0 Å². The molecule has 3 aromatic rings. The summed E-state index contributed by atoms with van der Waals surface area (Å²) in [7, 11) is -4.10. The van der Waals surface area contributed by atoms with E-state index in [0.717, 1.165) is 42.0 Å². The highest BCUT2D eigenvalue weighted by Gasteiger charge is 2.34. The Morgan fingerprint density at radius 1 is 0.927 bits per heavy atom. The number of aryl methyl sites for hydroxylation is 1. The zero-order valence-electron chi connectivity index (χ0n) is 23.6. The highest BCUT2D eigenvalue weighted by Crippen LogP contribution is 2.26. The van der Waals surface area contributed by atoms with Crippen LogP contribution in [0.15, 0.2) is 83.8 Å². The lowest BCUT2D eigenvalue weighted by molar-refractivity contribution is -0.140. The summed E-state index contributed by atoms with van der Waals surface area (Å²) in [4.78, 5) is 29.3. The number of anilines is 1. The van der Waals surface area contributed by atoms with E-state index in [1.165, 1.54) is 4.90 Å². The highest BCUT2D eigenvalue weighted by atomic mass is 35.5. The van der Waals surface area contributed by atoms with E-state index in [0.29, 0.717) is 22.7 Å². The molecule has 41 heavy (non-hydrogen) atoms. The van der Waals surface area contributed by atoms with Gasteiger partial charge >= 0.3 is 0 Å². The highest BCUT2D eigenvalue weighted by molar-refractivity contribution is 7.92. The monoisotopic (exact) mass is 595 g/mol. The van der Waals surface area contributed by atoms with Crippen LogP contribution in [0.2, 0.25) is 5.02 Å². The third-order valence-corrected chi connectivity index (χ3v) is 9.72. The molecule has 4 rings (SSSR count). The molecule has 0 saturated heterocycles. The van der Waals surface area contributed by atoms with E-state index >= 15 is 0 Å². The molecule has 3 aromatic carbocycles. The molecule has 0 spiro atoms. The average molecular weight is 596 g/mol. The smallest absolute Gasteiger partial charge is 0.264 e. The van der Waals surface area contributed by atoms with E-state index < -0.39 is 28.5 Å². The predicted octanol–water partition coefficient (Wildman–Crippen LogP) is 6.10. The maximum Gasteiger partial charge on any atom is 0.264 e. The number of halogens is 1. The van der Waals surface area contributed by atoms with Gasteiger partial charge in [-0.1, -0.05) is 91.9 Å². The van der Waals surface area contributed by atoms with Crippen LogP contribution in [-0.2, 0) is 26.2 Å². The molecule has 1 aliphatic rings. The summed E-state index contributed by atoms with van der Waals surface area (Å²) in [5.74, 6) is -0.720. The second-order valence-electron chi connectivity index (χ2n) is 10.5. The topological polar surface area (TPSA) is 86.8 Å². The number of hydrogen-bond acceptors (Lipinski definition) is 4. The van der Waals surface area contributed by atoms with Crippen LogP contribution in [0.5, 0.6) is 0 Å². The van der Waals surface area contributed by atoms with Crippen LogP contribution < -0.4 is 9.62 Å². The molecule has 1 aliphatic carbocycles. The number of carbonyl (C=O) groups is 2. The van der Waals surface area contributed by atoms with E-state index in [4.69, 9.17) is 11.6 Å². The van der Waals surface area contributed by atoms with Crippen molar-refractivity contribution in [3.63, 3.8) is 0 Å². The standard InChI is InChI=1S/C32H38ClN3O4S/c1-3-30(32(38)34-26-13-6-4-7-14-26)35(22-25-12-10-11-17-29(25)33)31(37)23-36(27-15-8-5-9-16-27)41(39,40)28-20-18-24(2)19-21-28/h5,8-12,15-21,26,30H,3-4,6-7,13-14,22-23H2,1-2H3,(H,34,38)/t30-/m1/s1. The number of hydrogen-bond donors (Lipinski definition) is 1. The van der Waals surface area contributed by atoms with Gasteiger partial charge in [-0.25, -0.2) is 8.42 Å². The normalized spacial score (nSPS) is 14.7. The predicted molar refractivity (Wildman–Crippen MR) is 163 cm³/mol.